The smallest absolute Gasteiger partial charge is 0.243 e. The van der Waals surface area contributed by atoms with Gasteiger partial charge in [0.05, 0.1) is 6.42 Å². The Kier molecular flexibility index (Phi) is 8.87. The summed E-state index contributed by atoms with van der Waals surface area (Å²) in [5, 5.41) is 3.74. The van der Waals surface area contributed by atoms with E-state index in [0.29, 0.717) is 34.1 Å². The van der Waals surface area contributed by atoms with Gasteiger partial charge in [-0.2, -0.15) is 0 Å². The molecule has 0 fully saturated rings. The van der Waals surface area contributed by atoms with Crippen molar-refractivity contribution in [2.24, 2.45) is 0 Å². The van der Waals surface area contributed by atoms with Gasteiger partial charge in [-0.15, -0.1) is 0 Å². The zero-order chi connectivity index (χ0) is 23.8. The monoisotopic (exact) mass is 486 g/mol. The van der Waals surface area contributed by atoms with Gasteiger partial charge in [-0.1, -0.05) is 71.7 Å². The van der Waals surface area contributed by atoms with Crippen molar-refractivity contribution in [1.82, 2.24) is 10.2 Å². The second-order valence-electron chi connectivity index (χ2n) is 7.66. The van der Waals surface area contributed by atoms with Crippen LogP contribution in [-0.4, -0.2) is 29.3 Å². The maximum absolute atomic E-state index is 13.5. The van der Waals surface area contributed by atoms with E-state index >= 15 is 0 Å². The lowest BCUT2D eigenvalue weighted by Gasteiger charge is -2.32. The van der Waals surface area contributed by atoms with Crippen LogP contribution in [0, 0.1) is 5.82 Å². The first-order chi connectivity index (χ1) is 15.9. The quantitative estimate of drug-likeness (QED) is 0.437. The lowest BCUT2D eigenvalue weighted by molar-refractivity contribution is -0.140. The van der Waals surface area contributed by atoms with Crippen LogP contribution < -0.4 is 5.32 Å². The Labute approximate surface area is 203 Å². The average Bonchev–Trinajstić information content (AvgIpc) is 2.79. The van der Waals surface area contributed by atoms with Crippen LogP contribution in [0.2, 0.25) is 10.0 Å². The highest BCUT2D eigenvalue weighted by molar-refractivity contribution is 6.35. The van der Waals surface area contributed by atoms with Gasteiger partial charge in [0.25, 0.3) is 0 Å². The summed E-state index contributed by atoms with van der Waals surface area (Å²) in [6.45, 7) is 2.40. The zero-order valence-electron chi connectivity index (χ0n) is 18.2. The van der Waals surface area contributed by atoms with E-state index in [-0.39, 0.29) is 30.6 Å². The predicted molar refractivity (Wildman–Crippen MR) is 130 cm³/mol. The van der Waals surface area contributed by atoms with Crippen LogP contribution in [0.15, 0.2) is 72.8 Å². The van der Waals surface area contributed by atoms with Crippen LogP contribution in [0.4, 0.5) is 4.39 Å². The summed E-state index contributed by atoms with van der Waals surface area (Å²) in [6.07, 6.45) is 0.364. The van der Waals surface area contributed by atoms with Crippen molar-refractivity contribution in [2.75, 3.05) is 6.54 Å². The average molecular weight is 487 g/mol. The zero-order valence-corrected chi connectivity index (χ0v) is 19.7. The number of hydrogen-bond acceptors (Lipinski definition) is 2. The molecule has 33 heavy (non-hydrogen) atoms. The molecule has 3 rings (SSSR count). The molecular weight excluding hydrogens is 462 g/mol. The Morgan fingerprint density at radius 2 is 1.67 bits per heavy atom. The summed E-state index contributed by atoms with van der Waals surface area (Å²) in [5.74, 6) is -0.890. The summed E-state index contributed by atoms with van der Waals surface area (Å²) in [6, 6.07) is 19.6. The van der Waals surface area contributed by atoms with Gasteiger partial charge >= 0.3 is 0 Å². The summed E-state index contributed by atoms with van der Waals surface area (Å²) >= 11 is 12.4. The molecule has 2 amide bonds. The molecule has 1 atom stereocenters. The second kappa shape index (κ2) is 11.8. The number of carbonyl (C=O) groups is 2. The third kappa shape index (κ3) is 7.04. The highest BCUT2D eigenvalue weighted by Gasteiger charge is 2.30. The largest absolute Gasteiger partial charge is 0.355 e. The van der Waals surface area contributed by atoms with Crippen molar-refractivity contribution in [3.8, 4) is 0 Å². The minimum Gasteiger partial charge on any atom is -0.355 e. The Hall–Kier alpha value is -2.89. The topological polar surface area (TPSA) is 49.4 Å². The molecular formula is C26H25Cl2FN2O2. The number of nitrogens with zero attached hydrogens (tertiary/aromatic N) is 1. The highest BCUT2D eigenvalue weighted by Crippen LogP contribution is 2.24. The summed E-state index contributed by atoms with van der Waals surface area (Å²) in [4.78, 5) is 28.2. The molecule has 7 heteroatoms. The predicted octanol–water partition coefficient (Wildman–Crippen LogP) is 5.45. The molecule has 4 nitrogen and oxygen atoms in total. The molecule has 1 N–H and O–H groups in total. The Morgan fingerprint density at radius 3 is 2.30 bits per heavy atom. The van der Waals surface area contributed by atoms with Gasteiger partial charge in [0, 0.05) is 29.6 Å². The second-order valence-corrected chi connectivity index (χ2v) is 8.50. The summed E-state index contributed by atoms with van der Waals surface area (Å²) in [5.41, 5.74) is 2.26. The van der Waals surface area contributed by atoms with Crippen LogP contribution in [0.3, 0.4) is 0 Å². The fourth-order valence-electron chi connectivity index (χ4n) is 3.56. The van der Waals surface area contributed by atoms with E-state index in [1.165, 1.54) is 17.0 Å². The number of benzene rings is 3. The molecule has 0 bridgehead atoms. The number of nitrogens with one attached hydrogen (secondary N) is 1. The minimum absolute atomic E-state index is 0.0240. The SMILES string of the molecule is CCNC(=O)[C@@H](Cc1ccccc1)N(Cc1ccc(Cl)cc1Cl)C(=O)Cc1ccc(F)cc1. The molecule has 0 saturated heterocycles. The molecule has 0 radical (unpaired) electrons. The number of likely N-dealkylation sites (N-methyl/N-ethyl adjacent to an activating group) is 1. The Bertz CT molecular complexity index is 1090. The number of rotatable bonds is 9. The molecule has 0 aromatic heterocycles. The van der Waals surface area contributed by atoms with Crippen molar-refractivity contribution in [3.05, 3.63) is 105 Å². The molecule has 3 aromatic rings. The first kappa shape index (κ1) is 24.7. The van der Waals surface area contributed by atoms with Crippen molar-refractivity contribution >= 4 is 35.0 Å². The van der Waals surface area contributed by atoms with Gasteiger partial charge in [-0.3, -0.25) is 9.59 Å². The van der Waals surface area contributed by atoms with Gasteiger partial charge in [-0.05, 0) is 47.9 Å². The lowest BCUT2D eigenvalue weighted by Crippen LogP contribution is -2.51. The van der Waals surface area contributed by atoms with E-state index in [4.69, 9.17) is 23.2 Å². The standard InChI is InChI=1S/C26H25Cl2FN2O2/c1-2-30-26(33)24(14-18-6-4-3-5-7-18)31(17-20-10-11-21(27)16-23(20)28)25(32)15-19-8-12-22(29)13-9-19/h3-13,16,24H,2,14-15,17H2,1H3,(H,30,33)/t24-/m1/s1. The summed E-state index contributed by atoms with van der Waals surface area (Å²) < 4.78 is 13.3. The third-order valence-corrected chi connectivity index (χ3v) is 5.83. The highest BCUT2D eigenvalue weighted by atomic mass is 35.5. The normalized spacial score (nSPS) is 11.6. The number of amides is 2. The Morgan fingerprint density at radius 1 is 0.970 bits per heavy atom. The Balaban J connectivity index is 1.97. The molecule has 0 aliphatic carbocycles. The van der Waals surface area contributed by atoms with E-state index < -0.39 is 6.04 Å². The van der Waals surface area contributed by atoms with Gasteiger partial charge in [0.1, 0.15) is 11.9 Å². The van der Waals surface area contributed by atoms with E-state index in [1.54, 1.807) is 30.3 Å². The molecule has 3 aromatic carbocycles. The van der Waals surface area contributed by atoms with Crippen LogP contribution in [0.1, 0.15) is 23.6 Å². The first-order valence-corrected chi connectivity index (χ1v) is 11.4. The number of carbonyl (C=O) groups excluding carboxylic acids is 2. The van der Waals surface area contributed by atoms with Crippen LogP contribution >= 0.6 is 23.2 Å². The van der Waals surface area contributed by atoms with Crippen molar-refractivity contribution in [1.29, 1.82) is 0 Å². The molecule has 0 spiro atoms. The van der Waals surface area contributed by atoms with Gasteiger partial charge in [0.15, 0.2) is 0 Å². The molecule has 0 heterocycles. The number of halogens is 3. The van der Waals surface area contributed by atoms with Crippen molar-refractivity contribution in [3.63, 3.8) is 0 Å². The summed E-state index contributed by atoms with van der Waals surface area (Å²) in [7, 11) is 0. The van der Waals surface area contributed by atoms with Crippen LogP contribution in [0.25, 0.3) is 0 Å². The van der Waals surface area contributed by atoms with E-state index in [1.807, 2.05) is 37.3 Å². The van der Waals surface area contributed by atoms with E-state index in [0.717, 1.165) is 5.56 Å². The molecule has 0 aliphatic heterocycles. The molecule has 0 saturated carbocycles. The van der Waals surface area contributed by atoms with Crippen LogP contribution in [0.5, 0.6) is 0 Å². The van der Waals surface area contributed by atoms with Gasteiger partial charge in [0.2, 0.25) is 11.8 Å². The lowest BCUT2D eigenvalue weighted by atomic mass is 10.0. The first-order valence-electron chi connectivity index (χ1n) is 10.7. The van der Waals surface area contributed by atoms with E-state index in [2.05, 4.69) is 5.32 Å². The van der Waals surface area contributed by atoms with Crippen molar-refractivity contribution in [2.45, 2.75) is 32.4 Å². The molecule has 0 unspecified atom stereocenters. The molecule has 172 valence electrons. The maximum atomic E-state index is 13.5. The minimum atomic E-state index is -0.757. The van der Waals surface area contributed by atoms with Crippen molar-refractivity contribution < 1.29 is 14.0 Å². The fraction of sp³-hybridized carbons (Fsp3) is 0.231. The van der Waals surface area contributed by atoms with Gasteiger partial charge < -0.3 is 10.2 Å². The number of hydrogen-bond donors (Lipinski definition) is 1. The molecule has 0 aliphatic rings. The fourth-order valence-corrected chi connectivity index (χ4v) is 4.03. The van der Waals surface area contributed by atoms with Crippen LogP contribution in [-0.2, 0) is 29.0 Å². The van der Waals surface area contributed by atoms with E-state index in [9.17, 15) is 14.0 Å². The maximum Gasteiger partial charge on any atom is 0.243 e. The van der Waals surface area contributed by atoms with Gasteiger partial charge in [-0.25, -0.2) is 4.39 Å². The third-order valence-electron chi connectivity index (χ3n) is 5.25.